The predicted octanol–water partition coefficient (Wildman–Crippen LogP) is 8.05. The van der Waals surface area contributed by atoms with Crippen molar-refractivity contribution in [1.82, 2.24) is 0 Å². The van der Waals surface area contributed by atoms with Gasteiger partial charge in [0.1, 0.15) is 12.5 Å². The van der Waals surface area contributed by atoms with Crippen molar-refractivity contribution in [1.29, 1.82) is 0 Å². The van der Waals surface area contributed by atoms with Crippen LogP contribution in [0.25, 0.3) is 0 Å². The average Bonchev–Trinajstić information content (AvgIpc) is 2.76. The number of hydrogen-bond donors (Lipinski definition) is 2. The fourth-order valence-corrected chi connectivity index (χ4v) is 4.35. The summed E-state index contributed by atoms with van der Waals surface area (Å²) in [5.41, 5.74) is 13.5. The van der Waals surface area contributed by atoms with Crippen molar-refractivity contribution < 1.29 is 9.47 Å². The van der Waals surface area contributed by atoms with Crippen molar-refractivity contribution in [3.8, 4) is 11.5 Å². The van der Waals surface area contributed by atoms with Gasteiger partial charge in [-0.25, -0.2) is 0 Å². The zero-order valence-electron chi connectivity index (χ0n) is 20.0. The molecule has 0 fully saturated rings. The van der Waals surface area contributed by atoms with Crippen LogP contribution in [0.1, 0.15) is 65.5 Å². The molecule has 8 heteroatoms. The third-order valence-corrected chi connectivity index (χ3v) is 7.48. The maximum absolute atomic E-state index is 6.56. The molecule has 33 heavy (non-hydrogen) atoms. The first kappa shape index (κ1) is 28.4. The van der Waals surface area contributed by atoms with Gasteiger partial charge in [0.05, 0.1) is 20.1 Å². The Kier molecular flexibility index (Phi) is 10.1. The van der Waals surface area contributed by atoms with Gasteiger partial charge >= 0.3 is 0 Å². The van der Waals surface area contributed by atoms with Crippen molar-refractivity contribution in [3.05, 3.63) is 55.5 Å². The summed E-state index contributed by atoms with van der Waals surface area (Å²) >= 11 is 26.2. The number of halogens is 4. The van der Waals surface area contributed by atoms with Crippen LogP contribution in [0.3, 0.4) is 0 Å². The molecule has 2 aromatic carbocycles. The summed E-state index contributed by atoms with van der Waals surface area (Å²) in [5, 5.41) is 1.56. The summed E-state index contributed by atoms with van der Waals surface area (Å²) in [6, 6.07) is 7.32. The summed E-state index contributed by atoms with van der Waals surface area (Å²) in [5.74, 6) is 1.08. The Morgan fingerprint density at radius 1 is 0.697 bits per heavy atom. The molecule has 0 aliphatic carbocycles. The summed E-state index contributed by atoms with van der Waals surface area (Å²) < 4.78 is 11.7. The van der Waals surface area contributed by atoms with E-state index in [1.165, 1.54) is 0 Å². The Labute approximate surface area is 217 Å². The van der Waals surface area contributed by atoms with E-state index in [0.717, 1.165) is 24.0 Å². The quantitative estimate of drug-likeness (QED) is 0.302. The summed E-state index contributed by atoms with van der Waals surface area (Å²) in [6.45, 7) is 12.2. The average molecular weight is 536 g/mol. The maximum Gasteiger partial charge on any atom is 0.158 e. The van der Waals surface area contributed by atoms with Gasteiger partial charge in [-0.3, -0.25) is 11.5 Å². The zero-order chi connectivity index (χ0) is 25.1. The lowest BCUT2D eigenvalue weighted by molar-refractivity contribution is 0.146. The lowest BCUT2D eigenvalue weighted by Crippen LogP contribution is -2.34. The molecule has 0 radical (unpaired) electrons. The second kappa shape index (κ2) is 11.7. The third-order valence-electron chi connectivity index (χ3n) is 6.36. The highest BCUT2D eigenvalue weighted by Gasteiger charge is 2.29. The Morgan fingerprint density at radius 3 is 1.21 bits per heavy atom. The molecule has 0 aliphatic heterocycles. The second-order valence-electron chi connectivity index (χ2n) is 9.10. The van der Waals surface area contributed by atoms with Crippen LogP contribution in [-0.4, -0.2) is 12.5 Å². The number of ether oxygens (including phenoxy) is 2. The van der Waals surface area contributed by atoms with E-state index in [4.69, 9.17) is 67.3 Å². The van der Waals surface area contributed by atoms with Crippen molar-refractivity contribution in [2.45, 2.75) is 72.3 Å². The minimum atomic E-state index is -0.519. The largest absolute Gasteiger partial charge is 0.472 e. The van der Waals surface area contributed by atoms with E-state index in [-0.39, 0.29) is 11.8 Å². The SMILES string of the molecule is CCC(C)C(N)Oc1c(Cl)cc(C(C)(C)c2cc(Cl)c(OC(N)C(C)CC)c(Cl)c2)cc1Cl. The van der Waals surface area contributed by atoms with Crippen molar-refractivity contribution in [2.24, 2.45) is 23.3 Å². The first-order valence-electron chi connectivity index (χ1n) is 11.2. The molecule has 0 saturated heterocycles. The Balaban J connectivity index is 2.39. The summed E-state index contributed by atoms with van der Waals surface area (Å²) in [6.07, 6.45) is 0.752. The van der Waals surface area contributed by atoms with Gasteiger partial charge in [0, 0.05) is 17.3 Å². The molecule has 4 atom stereocenters. The lowest BCUT2D eigenvalue weighted by Gasteiger charge is -2.29. The molecule has 2 aromatic rings. The van der Waals surface area contributed by atoms with Gasteiger partial charge in [-0.15, -0.1) is 0 Å². The predicted molar refractivity (Wildman–Crippen MR) is 141 cm³/mol. The zero-order valence-corrected chi connectivity index (χ0v) is 23.0. The Hall–Kier alpha value is -0.880. The smallest absolute Gasteiger partial charge is 0.158 e. The topological polar surface area (TPSA) is 70.5 Å². The molecule has 4 N–H and O–H groups in total. The fraction of sp³-hybridized carbons (Fsp3) is 0.520. The molecule has 184 valence electrons. The Morgan fingerprint density at radius 2 is 0.970 bits per heavy atom. The Bertz CT molecular complexity index is 846. The van der Waals surface area contributed by atoms with Gasteiger partial charge in [0.25, 0.3) is 0 Å². The lowest BCUT2D eigenvalue weighted by atomic mass is 9.78. The number of nitrogens with two attached hydrogens (primary N) is 2. The monoisotopic (exact) mass is 534 g/mol. The van der Waals surface area contributed by atoms with E-state index in [1.54, 1.807) is 0 Å². The van der Waals surface area contributed by atoms with E-state index in [0.29, 0.717) is 31.6 Å². The number of hydrogen-bond acceptors (Lipinski definition) is 4. The van der Waals surface area contributed by atoms with Crippen LogP contribution >= 0.6 is 46.4 Å². The minimum Gasteiger partial charge on any atom is -0.472 e. The van der Waals surface area contributed by atoms with Crippen LogP contribution in [0.15, 0.2) is 24.3 Å². The summed E-state index contributed by atoms with van der Waals surface area (Å²) in [7, 11) is 0. The van der Waals surface area contributed by atoms with Gasteiger partial charge in [-0.1, -0.05) is 87.9 Å². The van der Waals surface area contributed by atoms with E-state index in [2.05, 4.69) is 0 Å². The first-order valence-corrected chi connectivity index (χ1v) is 12.7. The molecule has 0 amide bonds. The molecule has 0 bridgehead atoms. The summed E-state index contributed by atoms with van der Waals surface area (Å²) in [4.78, 5) is 0. The van der Waals surface area contributed by atoms with Crippen molar-refractivity contribution >= 4 is 46.4 Å². The molecule has 0 spiro atoms. The van der Waals surface area contributed by atoms with Crippen LogP contribution in [-0.2, 0) is 5.41 Å². The molecule has 2 rings (SSSR count). The van der Waals surface area contributed by atoms with Crippen molar-refractivity contribution in [3.63, 3.8) is 0 Å². The number of benzene rings is 2. The first-order chi connectivity index (χ1) is 15.3. The maximum atomic E-state index is 6.56. The minimum absolute atomic E-state index is 0.159. The molecule has 4 unspecified atom stereocenters. The van der Waals surface area contributed by atoms with E-state index in [1.807, 2.05) is 65.8 Å². The highest BCUT2D eigenvalue weighted by molar-refractivity contribution is 6.38. The molecular formula is C25H34Cl4N2O2. The van der Waals surface area contributed by atoms with E-state index < -0.39 is 17.9 Å². The van der Waals surface area contributed by atoms with Crippen LogP contribution in [0.5, 0.6) is 11.5 Å². The molecular weight excluding hydrogens is 502 g/mol. The molecule has 0 aliphatic rings. The second-order valence-corrected chi connectivity index (χ2v) is 10.7. The van der Waals surface area contributed by atoms with Gasteiger partial charge in [0.15, 0.2) is 11.5 Å². The van der Waals surface area contributed by atoms with Crippen LogP contribution in [0.2, 0.25) is 20.1 Å². The van der Waals surface area contributed by atoms with Crippen molar-refractivity contribution in [2.75, 3.05) is 0 Å². The third kappa shape index (κ3) is 6.62. The van der Waals surface area contributed by atoms with Gasteiger partial charge in [0.2, 0.25) is 0 Å². The molecule has 4 nitrogen and oxygen atoms in total. The van der Waals surface area contributed by atoms with Crippen LogP contribution < -0.4 is 20.9 Å². The van der Waals surface area contributed by atoms with Gasteiger partial charge in [-0.2, -0.15) is 0 Å². The highest BCUT2D eigenvalue weighted by Crippen LogP contribution is 2.44. The highest BCUT2D eigenvalue weighted by atomic mass is 35.5. The van der Waals surface area contributed by atoms with E-state index >= 15 is 0 Å². The fourth-order valence-electron chi connectivity index (χ4n) is 3.20. The van der Waals surface area contributed by atoms with E-state index in [9.17, 15) is 0 Å². The molecule has 0 heterocycles. The standard InChI is InChI=1S/C25H34Cl4N2O2/c1-7-13(3)23(30)32-21-17(26)9-15(10-18(21)27)25(5,6)16-11-19(28)22(20(29)12-16)33-24(31)14(4)8-2/h9-14,23-24H,7-8,30-31H2,1-6H3. The number of rotatable bonds is 10. The van der Waals surface area contributed by atoms with Crippen LogP contribution in [0.4, 0.5) is 0 Å². The molecule has 0 aromatic heterocycles. The normalized spacial score (nSPS) is 15.6. The molecule has 0 saturated carbocycles. The van der Waals surface area contributed by atoms with Gasteiger partial charge < -0.3 is 9.47 Å². The van der Waals surface area contributed by atoms with Crippen LogP contribution in [0, 0.1) is 11.8 Å². The van der Waals surface area contributed by atoms with Gasteiger partial charge in [-0.05, 0) is 48.2 Å².